The quantitative estimate of drug-likeness (QED) is 0.821. The number of carbonyl (C=O) groups excluding carboxylic acids is 1. The zero-order valence-electron chi connectivity index (χ0n) is 15.2. The molecular weight excluding hydrogens is 399 g/mol. The Morgan fingerprint density at radius 1 is 1.11 bits per heavy atom. The molecule has 2 aliphatic heterocycles. The first-order valence-corrected chi connectivity index (χ1v) is 11.7. The van der Waals surface area contributed by atoms with Crippen molar-refractivity contribution >= 4 is 27.7 Å². The molecule has 8 heteroatoms. The van der Waals surface area contributed by atoms with Crippen molar-refractivity contribution < 1.29 is 17.6 Å². The van der Waals surface area contributed by atoms with E-state index in [1.165, 1.54) is 46.4 Å². The van der Waals surface area contributed by atoms with Gasteiger partial charge in [-0.1, -0.05) is 12.1 Å². The number of fused-ring (bicyclic) bond motifs is 1. The maximum Gasteiger partial charge on any atom is 0.251 e. The molecule has 0 aromatic heterocycles. The molecule has 2 aromatic rings. The van der Waals surface area contributed by atoms with Crippen molar-refractivity contribution in [2.45, 2.75) is 35.1 Å². The normalized spacial score (nSPS) is 20.0. The van der Waals surface area contributed by atoms with Crippen molar-refractivity contribution in [1.29, 1.82) is 0 Å². The van der Waals surface area contributed by atoms with Gasteiger partial charge in [-0.15, -0.1) is 11.8 Å². The van der Waals surface area contributed by atoms with Crippen LogP contribution in [0.2, 0.25) is 0 Å². The summed E-state index contributed by atoms with van der Waals surface area (Å²) in [6, 6.07) is 10.7. The van der Waals surface area contributed by atoms with Crippen molar-refractivity contribution in [3.8, 4) is 0 Å². The second kappa shape index (κ2) is 7.85. The molecule has 0 aliphatic carbocycles. The van der Waals surface area contributed by atoms with E-state index < -0.39 is 10.0 Å². The second-order valence-electron chi connectivity index (χ2n) is 6.96. The van der Waals surface area contributed by atoms with Crippen LogP contribution in [0.3, 0.4) is 0 Å². The zero-order chi connectivity index (χ0) is 19.7. The molecule has 148 valence electrons. The highest BCUT2D eigenvalue weighted by Crippen LogP contribution is 2.37. The Bertz CT molecular complexity index is 987. The maximum absolute atomic E-state index is 14.0. The van der Waals surface area contributed by atoms with Gasteiger partial charge in [-0.3, -0.25) is 4.79 Å². The second-order valence-corrected chi connectivity index (χ2v) is 10.0. The Labute approximate surface area is 168 Å². The molecule has 28 heavy (non-hydrogen) atoms. The van der Waals surface area contributed by atoms with Gasteiger partial charge in [-0.2, -0.15) is 4.31 Å². The Hall–Kier alpha value is -1.90. The van der Waals surface area contributed by atoms with Crippen LogP contribution in [0.4, 0.5) is 4.39 Å². The third kappa shape index (κ3) is 3.68. The van der Waals surface area contributed by atoms with Crippen LogP contribution in [0.1, 0.15) is 41.2 Å². The molecule has 1 N–H and O–H groups in total. The summed E-state index contributed by atoms with van der Waals surface area (Å²) in [7, 11) is -3.50. The Balaban J connectivity index is 1.50. The van der Waals surface area contributed by atoms with E-state index >= 15 is 0 Å². The number of thioether (sulfide) groups is 1. The minimum Gasteiger partial charge on any atom is -0.345 e. The molecule has 4 rings (SSSR count). The van der Waals surface area contributed by atoms with Crippen LogP contribution < -0.4 is 5.32 Å². The number of hydrogen-bond donors (Lipinski definition) is 1. The molecule has 0 spiro atoms. The van der Waals surface area contributed by atoms with Gasteiger partial charge in [0, 0.05) is 29.3 Å². The van der Waals surface area contributed by atoms with Crippen molar-refractivity contribution in [2.75, 3.05) is 18.8 Å². The fraction of sp³-hybridized carbons (Fsp3) is 0.350. The number of halogens is 1. The van der Waals surface area contributed by atoms with Gasteiger partial charge in [0.2, 0.25) is 10.0 Å². The van der Waals surface area contributed by atoms with E-state index in [2.05, 4.69) is 5.32 Å². The number of rotatable bonds is 4. The van der Waals surface area contributed by atoms with Crippen molar-refractivity contribution in [3.05, 3.63) is 59.4 Å². The van der Waals surface area contributed by atoms with E-state index in [1.807, 2.05) is 6.07 Å². The number of benzene rings is 2. The lowest BCUT2D eigenvalue weighted by molar-refractivity contribution is 0.0934. The molecule has 0 radical (unpaired) electrons. The zero-order valence-corrected chi connectivity index (χ0v) is 16.9. The predicted molar refractivity (Wildman–Crippen MR) is 106 cm³/mol. The number of hydrogen-bond acceptors (Lipinski definition) is 4. The van der Waals surface area contributed by atoms with Crippen LogP contribution in [0.15, 0.2) is 52.3 Å². The van der Waals surface area contributed by atoms with Gasteiger partial charge in [0.25, 0.3) is 5.91 Å². The smallest absolute Gasteiger partial charge is 0.251 e. The summed E-state index contributed by atoms with van der Waals surface area (Å²) in [5, 5.41) is 2.95. The average Bonchev–Trinajstić information content (AvgIpc) is 3.25. The molecular formula is C20H21FN2O3S2. The Morgan fingerprint density at radius 3 is 2.54 bits per heavy atom. The third-order valence-corrected chi connectivity index (χ3v) is 8.22. The molecule has 1 fully saturated rings. The highest BCUT2D eigenvalue weighted by Gasteiger charge is 2.28. The van der Waals surface area contributed by atoms with E-state index in [-0.39, 0.29) is 22.7 Å². The van der Waals surface area contributed by atoms with Gasteiger partial charge in [0.05, 0.1) is 10.9 Å². The predicted octanol–water partition coefficient (Wildman–Crippen LogP) is 3.58. The summed E-state index contributed by atoms with van der Waals surface area (Å²) in [6.07, 6.45) is 2.47. The van der Waals surface area contributed by atoms with Crippen LogP contribution in [-0.2, 0) is 10.0 Å². The standard InChI is InChI=1S/C20H21FN2O3S2/c21-17-5-3-4-16-18(10-13-27-19(16)17)22-20(24)14-6-8-15(9-7-14)28(25,26)23-11-1-2-12-23/h3-9,18H,1-2,10-13H2,(H,22,24)/t18-/m1/s1. The lowest BCUT2D eigenvalue weighted by Crippen LogP contribution is -2.31. The number of sulfonamides is 1. The minimum absolute atomic E-state index is 0.201. The number of nitrogens with one attached hydrogen (secondary N) is 1. The van der Waals surface area contributed by atoms with Gasteiger partial charge in [0.1, 0.15) is 5.82 Å². The fourth-order valence-electron chi connectivity index (χ4n) is 3.63. The third-order valence-electron chi connectivity index (χ3n) is 5.15. The largest absolute Gasteiger partial charge is 0.345 e. The maximum atomic E-state index is 14.0. The summed E-state index contributed by atoms with van der Waals surface area (Å²) in [5.41, 5.74) is 1.18. The average molecular weight is 421 g/mol. The molecule has 5 nitrogen and oxygen atoms in total. The number of nitrogens with zero attached hydrogens (tertiary/aromatic N) is 1. The highest BCUT2D eigenvalue weighted by molar-refractivity contribution is 7.99. The van der Waals surface area contributed by atoms with E-state index in [0.717, 1.165) is 24.2 Å². The van der Waals surface area contributed by atoms with Gasteiger partial charge in [-0.05, 0) is 55.2 Å². The first-order valence-electron chi connectivity index (χ1n) is 9.29. The molecule has 0 saturated carbocycles. The van der Waals surface area contributed by atoms with Gasteiger partial charge in [-0.25, -0.2) is 12.8 Å². The first-order chi connectivity index (χ1) is 13.5. The number of amides is 1. The molecule has 2 aliphatic rings. The Kier molecular flexibility index (Phi) is 5.44. The van der Waals surface area contributed by atoms with Gasteiger partial charge >= 0.3 is 0 Å². The van der Waals surface area contributed by atoms with E-state index in [0.29, 0.717) is 30.0 Å². The Morgan fingerprint density at radius 2 is 1.82 bits per heavy atom. The summed E-state index contributed by atoms with van der Waals surface area (Å²) in [5.74, 6) is 0.168. The summed E-state index contributed by atoms with van der Waals surface area (Å²) < 4.78 is 40.7. The molecule has 0 bridgehead atoms. The highest BCUT2D eigenvalue weighted by atomic mass is 32.2. The van der Waals surface area contributed by atoms with Crippen molar-refractivity contribution in [2.24, 2.45) is 0 Å². The van der Waals surface area contributed by atoms with Crippen LogP contribution in [0.25, 0.3) is 0 Å². The summed E-state index contributed by atoms with van der Waals surface area (Å²) in [4.78, 5) is 13.4. The van der Waals surface area contributed by atoms with E-state index in [1.54, 1.807) is 6.07 Å². The monoisotopic (exact) mass is 420 g/mol. The van der Waals surface area contributed by atoms with Gasteiger partial charge in [0.15, 0.2) is 0 Å². The molecule has 0 unspecified atom stereocenters. The van der Waals surface area contributed by atoms with Crippen molar-refractivity contribution in [3.63, 3.8) is 0 Å². The van der Waals surface area contributed by atoms with Crippen molar-refractivity contribution in [1.82, 2.24) is 9.62 Å². The fourth-order valence-corrected chi connectivity index (χ4v) is 6.29. The molecule has 2 aromatic carbocycles. The molecule has 1 saturated heterocycles. The molecule has 1 amide bonds. The summed E-state index contributed by atoms with van der Waals surface area (Å²) >= 11 is 1.46. The van der Waals surface area contributed by atoms with Crippen LogP contribution >= 0.6 is 11.8 Å². The number of carbonyl (C=O) groups is 1. The molecule has 1 atom stereocenters. The SMILES string of the molecule is O=C(N[C@@H]1CCSc2c(F)cccc21)c1ccc(S(=O)(=O)N2CCCC2)cc1. The lowest BCUT2D eigenvalue weighted by Gasteiger charge is -2.26. The topological polar surface area (TPSA) is 66.5 Å². The van der Waals surface area contributed by atoms with Gasteiger partial charge < -0.3 is 5.32 Å². The van der Waals surface area contributed by atoms with Crippen LogP contribution in [0, 0.1) is 5.82 Å². The van der Waals surface area contributed by atoms with Crippen LogP contribution in [0.5, 0.6) is 0 Å². The van der Waals surface area contributed by atoms with E-state index in [4.69, 9.17) is 0 Å². The summed E-state index contributed by atoms with van der Waals surface area (Å²) in [6.45, 7) is 1.08. The lowest BCUT2D eigenvalue weighted by atomic mass is 10.0. The minimum atomic E-state index is -3.50. The molecule has 2 heterocycles. The first kappa shape index (κ1) is 19.4. The van der Waals surface area contributed by atoms with E-state index in [9.17, 15) is 17.6 Å². The van der Waals surface area contributed by atoms with Crippen LogP contribution in [-0.4, -0.2) is 37.5 Å².